The van der Waals surface area contributed by atoms with Gasteiger partial charge in [0.1, 0.15) is 11.9 Å². The number of nitrogens with one attached hydrogen (secondary N) is 1. The van der Waals surface area contributed by atoms with Crippen LogP contribution in [0, 0.1) is 5.92 Å². The number of nitrogens with two attached hydrogens (primary N) is 1. The van der Waals surface area contributed by atoms with Gasteiger partial charge in [-0.1, -0.05) is 35.8 Å². The Balaban J connectivity index is 2.04. The van der Waals surface area contributed by atoms with Crippen molar-refractivity contribution in [2.45, 2.75) is 25.1 Å². The lowest BCUT2D eigenvalue weighted by Crippen LogP contribution is -2.26. The van der Waals surface area contributed by atoms with Crippen molar-refractivity contribution in [2.24, 2.45) is 11.7 Å². The Hall–Kier alpha value is -1.63. The van der Waals surface area contributed by atoms with Crippen LogP contribution >= 0.6 is 23.2 Å². The van der Waals surface area contributed by atoms with Gasteiger partial charge in [-0.15, -0.1) is 0 Å². The number of hydrogen-bond donors (Lipinski definition) is 2. The van der Waals surface area contributed by atoms with Crippen molar-refractivity contribution in [3.05, 3.63) is 70.1 Å². The van der Waals surface area contributed by atoms with Gasteiger partial charge in [-0.3, -0.25) is 0 Å². The van der Waals surface area contributed by atoms with E-state index in [-0.39, 0.29) is 23.7 Å². The molecule has 1 aliphatic heterocycles. The summed E-state index contributed by atoms with van der Waals surface area (Å²) in [5, 5.41) is 4.28. The van der Waals surface area contributed by atoms with Crippen molar-refractivity contribution in [1.29, 1.82) is 0 Å². The Kier molecular flexibility index (Phi) is 7.25. The van der Waals surface area contributed by atoms with Crippen molar-refractivity contribution in [2.75, 3.05) is 13.1 Å². The molecule has 0 aliphatic carbocycles. The lowest BCUT2D eigenvalue weighted by Gasteiger charge is -2.26. The van der Waals surface area contributed by atoms with E-state index >= 15 is 0 Å². The van der Waals surface area contributed by atoms with Gasteiger partial charge in [0.15, 0.2) is 0 Å². The number of ether oxygens (including phenoxy) is 1. The first kappa shape index (κ1) is 21.7. The lowest BCUT2D eigenvalue weighted by atomic mass is 9.85. The maximum Gasteiger partial charge on any atom is 0.417 e. The summed E-state index contributed by atoms with van der Waals surface area (Å²) in [5.41, 5.74) is 5.09. The molecule has 1 heterocycles. The van der Waals surface area contributed by atoms with Crippen LogP contribution in [-0.2, 0) is 4.74 Å². The van der Waals surface area contributed by atoms with Crippen LogP contribution in [0.15, 0.2) is 54.5 Å². The second-order valence-corrected chi connectivity index (χ2v) is 7.16. The predicted molar refractivity (Wildman–Crippen MR) is 103 cm³/mol. The molecular weight excluding hydrogens is 400 g/mol. The third-order valence-electron chi connectivity index (χ3n) is 4.53. The van der Waals surface area contributed by atoms with Crippen LogP contribution in [0.3, 0.4) is 0 Å². The van der Waals surface area contributed by atoms with Crippen LogP contribution in [0.4, 0.5) is 13.2 Å². The highest BCUT2D eigenvalue weighted by Crippen LogP contribution is 2.35. The molecular formula is C19H21Cl2F3N2O. The lowest BCUT2D eigenvalue weighted by molar-refractivity contribution is -0.0883. The molecule has 8 heteroatoms. The summed E-state index contributed by atoms with van der Waals surface area (Å²) in [7, 11) is 0. The fraction of sp³-hybridized carbons (Fsp3) is 0.368. The molecule has 3 N–H and O–H groups in total. The van der Waals surface area contributed by atoms with Crippen LogP contribution in [0.2, 0.25) is 10.0 Å². The zero-order valence-corrected chi connectivity index (χ0v) is 16.2. The Morgan fingerprint density at radius 1 is 1.30 bits per heavy atom. The fourth-order valence-corrected chi connectivity index (χ4v) is 3.40. The Bertz CT molecular complexity index is 747. The fourth-order valence-electron chi connectivity index (χ4n) is 3.09. The number of benzene rings is 1. The predicted octanol–water partition coefficient (Wildman–Crippen LogP) is 5.18. The minimum absolute atomic E-state index is 0.0968. The van der Waals surface area contributed by atoms with Crippen LogP contribution in [0.1, 0.15) is 18.4 Å². The molecule has 1 aliphatic rings. The molecule has 0 radical (unpaired) electrons. The second-order valence-electron chi connectivity index (χ2n) is 6.34. The topological polar surface area (TPSA) is 47.3 Å². The largest absolute Gasteiger partial charge is 0.491 e. The van der Waals surface area contributed by atoms with Gasteiger partial charge in [-0.2, -0.15) is 13.2 Å². The zero-order chi connectivity index (χ0) is 20.2. The summed E-state index contributed by atoms with van der Waals surface area (Å²) in [5.74, 6) is 0.367. The van der Waals surface area contributed by atoms with Gasteiger partial charge in [-0.25, -0.2) is 0 Å². The monoisotopic (exact) mass is 420 g/mol. The van der Waals surface area contributed by atoms with Crippen molar-refractivity contribution < 1.29 is 17.9 Å². The molecule has 1 saturated heterocycles. The van der Waals surface area contributed by atoms with E-state index in [2.05, 4.69) is 11.9 Å². The third kappa shape index (κ3) is 5.67. The second kappa shape index (κ2) is 9.04. The summed E-state index contributed by atoms with van der Waals surface area (Å²) in [6.45, 7) is 6.99. The van der Waals surface area contributed by atoms with Gasteiger partial charge >= 0.3 is 6.18 Å². The molecule has 0 aromatic heterocycles. The zero-order valence-electron chi connectivity index (χ0n) is 14.7. The van der Waals surface area contributed by atoms with Gasteiger partial charge in [-0.05, 0) is 36.8 Å². The molecule has 3 nitrogen and oxygen atoms in total. The quantitative estimate of drug-likeness (QED) is 0.492. The molecule has 3 atom stereocenters. The number of allylic oxidation sites excluding steroid dienone is 3. The molecule has 27 heavy (non-hydrogen) atoms. The summed E-state index contributed by atoms with van der Waals surface area (Å²) in [6.07, 6.45) is -2.27. The molecule has 148 valence electrons. The summed E-state index contributed by atoms with van der Waals surface area (Å²) in [6, 6.07) is 5.50. The van der Waals surface area contributed by atoms with Gasteiger partial charge in [0.05, 0.1) is 15.6 Å². The molecule has 0 bridgehead atoms. The third-order valence-corrected chi connectivity index (χ3v) is 5.27. The first-order valence-electron chi connectivity index (χ1n) is 8.32. The van der Waals surface area contributed by atoms with Gasteiger partial charge in [0.2, 0.25) is 0 Å². The molecule has 0 amide bonds. The van der Waals surface area contributed by atoms with Crippen molar-refractivity contribution in [1.82, 2.24) is 5.32 Å². The molecule has 0 spiro atoms. The molecule has 0 saturated carbocycles. The maximum atomic E-state index is 12.7. The summed E-state index contributed by atoms with van der Waals surface area (Å²) in [4.78, 5) is 0. The molecule has 1 fully saturated rings. The van der Waals surface area contributed by atoms with E-state index in [1.807, 2.05) is 19.1 Å². The summed E-state index contributed by atoms with van der Waals surface area (Å²) >= 11 is 12.1. The van der Waals surface area contributed by atoms with Crippen molar-refractivity contribution in [3.63, 3.8) is 0 Å². The first-order valence-corrected chi connectivity index (χ1v) is 9.07. The van der Waals surface area contributed by atoms with Crippen LogP contribution in [0.5, 0.6) is 0 Å². The highest BCUT2D eigenvalue weighted by molar-refractivity contribution is 6.42. The standard InChI is InChI=1S/C19H21Cl2F3N2O/c1-11(3-5-14(8-25)19(22,23)24)27-12(2)15-9-26-10-16(15)13-4-6-17(20)18(21)7-13/h3-8,12,15-16,26H,1,9-10,25H2,2H3/b5-3-,14-8+/t12-,15+,16+/m0/s1. The van der Waals surface area contributed by atoms with E-state index in [1.165, 1.54) is 6.08 Å². The van der Waals surface area contributed by atoms with E-state index in [1.54, 1.807) is 6.07 Å². The van der Waals surface area contributed by atoms with Gasteiger partial charge in [0, 0.05) is 31.1 Å². The van der Waals surface area contributed by atoms with Crippen molar-refractivity contribution in [3.8, 4) is 0 Å². The minimum atomic E-state index is -4.52. The molecule has 2 rings (SSSR count). The molecule has 1 aromatic carbocycles. The highest BCUT2D eigenvalue weighted by atomic mass is 35.5. The Labute approximate surface area is 166 Å². The molecule has 0 unspecified atom stereocenters. The first-order chi connectivity index (χ1) is 12.6. The van der Waals surface area contributed by atoms with E-state index in [9.17, 15) is 13.2 Å². The minimum Gasteiger partial charge on any atom is -0.491 e. The van der Waals surface area contributed by atoms with Crippen LogP contribution in [-0.4, -0.2) is 25.4 Å². The van der Waals surface area contributed by atoms with Crippen molar-refractivity contribution >= 4 is 23.2 Å². The highest BCUT2D eigenvalue weighted by Gasteiger charge is 2.34. The van der Waals surface area contributed by atoms with Crippen LogP contribution in [0.25, 0.3) is 0 Å². The molecule has 1 aromatic rings. The van der Waals surface area contributed by atoms with E-state index in [0.717, 1.165) is 18.2 Å². The average molecular weight is 421 g/mol. The normalized spacial score (nSPS) is 22.2. The number of alkyl halides is 3. The smallest absolute Gasteiger partial charge is 0.417 e. The average Bonchev–Trinajstić information content (AvgIpc) is 3.06. The Morgan fingerprint density at radius 2 is 2.00 bits per heavy atom. The Morgan fingerprint density at radius 3 is 2.59 bits per heavy atom. The van der Waals surface area contributed by atoms with Crippen LogP contribution < -0.4 is 11.1 Å². The van der Waals surface area contributed by atoms with E-state index in [4.69, 9.17) is 33.7 Å². The maximum absolute atomic E-state index is 12.7. The van der Waals surface area contributed by atoms with Gasteiger partial charge < -0.3 is 15.8 Å². The number of halogens is 5. The number of hydrogen-bond acceptors (Lipinski definition) is 3. The van der Waals surface area contributed by atoms with Gasteiger partial charge in [0.25, 0.3) is 0 Å². The van der Waals surface area contributed by atoms with E-state index < -0.39 is 11.7 Å². The summed E-state index contributed by atoms with van der Waals surface area (Å²) < 4.78 is 43.8. The van der Waals surface area contributed by atoms with E-state index in [0.29, 0.717) is 22.8 Å². The SMILES string of the molecule is C=C(/C=C\C(=C/N)C(F)(F)F)O[C@@H](C)[C@H]1CNC[C@@H]1c1ccc(Cl)c(Cl)c1. The number of rotatable bonds is 6.